The number of rotatable bonds is 2. The summed E-state index contributed by atoms with van der Waals surface area (Å²) in [5, 5.41) is 0.271. The minimum absolute atomic E-state index is 0.0876. The van der Waals surface area contributed by atoms with Gasteiger partial charge in [0.2, 0.25) is 5.82 Å². The Balaban J connectivity index is 2.60. The number of hydrogen-bond acceptors (Lipinski definition) is 3. The maximum Gasteiger partial charge on any atom is 0.449 e. The van der Waals surface area contributed by atoms with Crippen LogP contribution in [0.5, 0.6) is 0 Å². The Bertz CT molecular complexity index is 725. The van der Waals surface area contributed by atoms with Crippen LogP contribution >= 0.6 is 11.6 Å². The van der Waals surface area contributed by atoms with E-state index in [0.29, 0.717) is 6.29 Å². The molecule has 0 saturated heterocycles. The fourth-order valence-electron chi connectivity index (χ4n) is 1.61. The number of carbonyl (C=O) groups excluding carboxylic acids is 1. The first kappa shape index (κ1) is 14.3. The Morgan fingerprint density at radius 2 is 1.95 bits per heavy atom. The molecule has 1 aromatic carbocycles. The van der Waals surface area contributed by atoms with Gasteiger partial charge in [0.25, 0.3) is 5.56 Å². The zero-order valence-corrected chi connectivity index (χ0v) is 10.4. The van der Waals surface area contributed by atoms with Gasteiger partial charge < -0.3 is 4.98 Å². The van der Waals surface area contributed by atoms with Crippen molar-refractivity contribution >= 4 is 17.9 Å². The third-order valence-corrected chi connectivity index (χ3v) is 2.73. The summed E-state index contributed by atoms with van der Waals surface area (Å²) in [6, 6.07) is 4.09. The Kier molecular flexibility index (Phi) is 3.63. The lowest BCUT2D eigenvalue weighted by atomic mass is 10.0. The van der Waals surface area contributed by atoms with Crippen molar-refractivity contribution in [3.63, 3.8) is 0 Å². The fourth-order valence-corrected chi connectivity index (χ4v) is 1.79. The molecule has 2 aromatic rings. The van der Waals surface area contributed by atoms with Crippen LogP contribution in [-0.4, -0.2) is 16.3 Å². The molecule has 0 unspecified atom stereocenters. The first-order valence-corrected chi connectivity index (χ1v) is 5.62. The first-order chi connectivity index (χ1) is 9.32. The van der Waals surface area contributed by atoms with Crippen molar-refractivity contribution < 1.29 is 18.0 Å². The van der Waals surface area contributed by atoms with Gasteiger partial charge in [-0.2, -0.15) is 13.2 Å². The number of aromatic amines is 1. The second-order valence-corrected chi connectivity index (χ2v) is 4.26. The quantitative estimate of drug-likeness (QED) is 0.868. The van der Waals surface area contributed by atoms with Crippen LogP contribution in [0.4, 0.5) is 13.2 Å². The number of benzene rings is 1. The number of halogens is 4. The topological polar surface area (TPSA) is 62.8 Å². The molecular weight excluding hydrogens is 297 g/mol. The van der Waals surface area contributed by atoms with Crippen molar-refractivity contribution in [2.75, 3.05) is 0 Å². The summed E-state index contributed by atoms with van der Waals surface area (Å²) in [5.41, 5.74) is -0.883. The van der Waals surface area contributed by atoms with Crippen LogP contribution in [0.25, 0.3) is 11.1 Å². The Labute approximate surface area is 115 Å². The lowest BCUT2D eigenvalue weighted by molar-refractivity contribution is -0.145. The highest BCUT2D eigenvalue weighted by atomic mass is 35.5. The van der Waals surface area contributed by atoms with E-state index in [1.165, 1.54) is 18.2 Å². The molecule has 1 heterocycles. The van der Waals surface area contributed by atoms with Gasteiger partial charge in [-0.25, -0.2) is 4.98 Å². The van der Waals surface area contributed by atoms with E-state index in [1.807, 2.05) is 0 Å². The van der Waals surface area contributed by atoms with E-state index >= 15 is 0 Å². The molecule has 0 amide bonds. The first-order valence-electron chi connectivity index (χ1n) is 5.24. The lowest BCUT2D eigenvalue weighted by Gasteiger charge is -2.07. The summed E-state index contributed by atoms with van der Waals surface area (Å²) in [6.07, 6.45) is -3.51. The van der Waals surface area contributed by atoms with Gasteiger partial charge in [0.05, 0.1) is 5.56 Å². The minimum Gasteiger partial charge on any atom is -0.302 e. The normalized spacial score (nSPS) is 11.4. The molecule has 0 radical (unpaired) electrons. The van der Waals surface area contributed by atoms with Gasteiger partial charge in [-0.15, -0.1) is 0 Å². The predicted octanol–water partition coefficient (Wildman–Crippen LogP) is 2.92. The number of alkyl halides is 3. The number of aromatic nitrogens is 2. The zero-order valence-electron chi connectivity index (χ0n) is 9.66. The van der Waals surface area contributed by atoms with Crippen molar-refractivity contribution in [3.8, 4) is 11.1 Å². The molecule has 1 aromatic heterocycles. The molecule has 0 aliphatic rings. The van der Waals surface area contributed by atoms with Crippen LogP contribution in [0.15, 0.2) is 29.2 Å². The maximum atomic E-state index is 12.4. The smallest absolute Gasteiger partial charge is 0.302 e. The molecule has 0 aliphatic heterocycles. The standard InChI is InChI=1S/C12H6ClF3N2O2/c13-7-1-2-8(6(3-7)5-19)9-4-17-11(12(14,15)16)18-10(9)20/h1-5H,(H,17,18,20). The van der Waals surface area contributed by atoms with Crippen molar-refractivity contribution in [2.24, 2.45) is 0 Å². The molecule has 0 fully saturated rings. The van der Waals surface area contributed by atoms with Crippen molar-refractivity contribution in [1.29, 1.82) is 0 Å². The summed E-state index contributed by atoms with van der Waals surface area (Å²) in [4.78, 5) is 27.4. The van der Waals surface area contributed by atoms with E-state index in [4.69, 9.17) is 11.6 Å². The molecular formula is C12H6ClF3N2O2. The summed E-state index contributed by atoms with van der Waals surface area (Å²) in [5.74, 6) is -1.40. The third kappa shape index (κ3) is 2.72. The molecule has 20 heavy (non-hydrogen) atoms. The predicted molar refractivity (Wildman–Crippen MR) is 65.7 cm³/mol. The van der Waals surface area contributed by atoms with Gasteiger partial charge in [-0.05, 0) is 17.7 Å². The van der Waals surface area contributed by atoms with Crippen molar-refractivity contribution in [3.05, 3.63) is 51.2 Å². The van der Waals surface area contributed by atoms with Gasteiger partial charge in [-0.3, -0.25) is 9.59 Å². The number of aldehydes is 1. The number of H-pyrrole nitrogens is 1. The van der Waals surface area contributed by atoms with Crippen LogP contribution in [0, 0.1) is 0 Å². The molecule has 8 heteroatoms. The van der Waals surface area contributed by atoms with Crippen LogP contribution in [-0.2, 0) is 6.18 Å². The summed E-state index contributed by atoms with van der Waals surface area (Å²) in [6.45, 7) is 0. The Morgan fingerprint density at radius 3 is 2.50 bits per heavy atom. The SMILES string of the molecule is O=Cc1cc(Cl)ccc1-c1cnc(C(F)(F)F)[nH]c1=O. The van der Waals surface area contributed by atoms with E-state index in [2.05, 4.69) is 4.98 Å². The molecule has 0 spiro atoms. The monoisotopic (exact) mass is 302 g/mol. The highest BCUT2D eigenvalue weighted by Gasteiger charge is 2.34. The lowest BCUT2D eigenvalue weighted by Crippen LogP contribution is -2.20. The van der Waals surface area contributed by atoms with Gasteiger partial charge in [0.1, 0.15) is 0 Å². The average Bonchev–Trinajstić information content (AvgIpc) is 2.38. The van der Waals surface area contributed by atoms with Crippen LogP contribution in [0.2, 0.25) is 5.02 Å². The van der Waals surface area contributed by atoms with Gasteiger partial charge in [-0.1, -0.05) is 17.7 Å². The van der Waals surface area contributed by atoms with E-state index in [9.17, 15) is 22.8 Å². The third-order valence-electron chi connectivity index (χ3n) is 2.50. The van der Waals surface area contributed by atoms with Gasteiger partial charge in [0.15, 0.2) is 6.29 Å². The second kappa shape index (κ2) is 5.09. The fraction of sp³-hybridized carbons (Fsp3) is 0.0833. The molecule has 1 N–H and O–H groups in total. The molecule has 2 rings (SSSR count). The number of nitrogens with one attached hydrogen (secondary N) is 1. The summed E-state index contributed by atoms with van der Waals surface area (Å²) in [7, 11) is 0. The molecule has 0 saturated carbocycles. The largest absolute Gasteiger partial charge is 0.449 e. The number of carbonyl (C=O) groups is 1. The second-order valence-electron chi connectivity index (χ2n) is 3.82. The highest BCUT2D eigenvalue weighted by molar-refractivity contribution is 6.31. The molecule has 4 nitrogen and oxygen atoms in total. The van der Waals surface area contributed by atoms with E-state index in [-0.39, 0.29) is 21.7 Å². The van der Waals surface area contributed by atoms with Crippen molar-refractivity contribution in [2.45, 2.75) is 6.18 Å². The Morgan fingerprint density at radius 1 is 1.25 bits per heavy atom. The van der Waals surface area contributed by atoms with Gasteiger partial charge >= 0.3 is 6.18 Å². The Hall–Kier alpha value is -2.15. The van der Waals surface area contributed by atoms with Crippen molar-refractivity contribution in [1.82, 2.24) is 9.97 Å². The minimum atomic E-state index is -4.74. The zero-order chi connectivity index (χ0) is 14.9. The molecule has 0 aliphatic carbocycles. The van der Waals surface area contributed by atoms with Crippen LogP contribution < -0.4 is 5.56 Å². The summed E-state index contributed by atoms with van der Waals surface area (Å²) >= 11 is 5.70. The molecule has 0 bridgehead atoms. The van der Waals surface area contributed by atoms with Crippen LogP contribution in [0.3, 0.4) is 0 Å². The maximum absolute atomic E-state index is 12.4. The average molecular weight is 303 g/mol. The van der Waals surface area contributed by atoms with Crippen LogP contribution in [0.1, 0.15) is 16.2 Å². The highest BCUT2D eigenvalue weighted by Crippen LogP contribution is 2.27. The van der Waals surface area contributed by atoms with E-state index in [1.54, 1.807) is 4.98 Å². The number of hydrogen-bond donors (Lipinski definition) is 1. The van der Waals surface area contributed by atoms with E-state index in [0.717, 1.165) is 6.20 Å². The molecule has 104 valence electrons. The summed E-state index contributed by atoms with van der Waals surface area (Å²) < 4.78 is 37.2. The van der Waals surface area contributed by atoms with E-state index < -0.39 is 17.6 Å². The number of nitrogens with zero attached hydrogens (tertiary/aromatic N) is 1. The van der Waals surface area contributed by atoms with Gasteiger partial charge in [0, 0.05) is 16.8 Å². The molecule has 0 atom stereocenters.